The molecule has 36 heavy (non-hydrogen) atoms. The Balaban J connectivity index is 1.93. The van der Waals surface area contributed by atoms with Crippen LogP contribution in [0.15, 0.2) is 30.3 Å². The predicted octanol–water partition coefficient (Wildman–Crippen LogP) is 8.45. The highest BCUT2D eigenvalue weighted by atomic mass is 19.3. The van der Waals surface area contributed by atoms with Crippen LogP contribution >= 0.6 is 0 Å². The number of ether oxygens (including phenoxy) is 1. The first-order valence-corrected chi connectivity index (χ1v) is 11.1. The quantitative estimate of drug-likeness (QED) is 0.196. The summed E-state index contributed by atoms with van der Waals surface area (Å²) in [6, 6.07) is 3.66. The van der Waals surface area contributed by atoms with E-state index in [-0.39, 0.29) is 5.56 Å². The average Bonchev–Trinajstić information content (AvgIpc) is 2.77. The third kappa shape index (κ3) is 6.09. The molecule has 0 bridgehead atoms. The van der Waals surface area contributed by atoms with Crippen LogP contribution in [0.2, 0.25) is 0 Å². The Morgan fingerprint density at radius 3 is 1.81 bits per heavy atom. The topological polar surface area (TPSA) is 29.1 Å². The van der Waals surface area contributed by atoms with Gasteiger partial charge in [0.2, 0.25) is 0 Å². The maximum absolute atomic E-state index is 15.2. The molecule has 1 radical (unpaired) electrons. The lowest BCUT2D eigenvalue weighted by molar-refractivity contribution is -0.0546. The van der Waals surface area contributed by atoms with Crippen LogP contribution in [0.4, 0.5) is 35.1 Å². The van der Waals surface area contributed by atoms with Crippen molar-refractivity contribution in [3.8, 4) is 22.6 Å². The van der Waals surface area contributed by atoms with Crippen molar-refractivity contribution < 1.29 is 45.0 Å². The molecular weight excluding hydrogens is 496 g/mol. The van der Waals surface area contributed by atoms with Crippen LogP contribution in [0.1, 0.15) is 42.9 Å². The van der Waals surface area contributed by atoms with Gasteiger partial charge in [0.1, 0.15) is 23.3 Å². The minimum absolute atomic E-state index is 0.160. The van der Waals surface area contributed by atoms with Crippen LogP contribution in [0.5, 0.6) is 11.5 Å². The summed E-state index contributed by atoms with van der Waals surface area (Å²) in [4.78, 5) is 0. The van der Waals surface area contributed by atoms with E-state index in [0.717, 1.165) is 25.0 Å². The Bertz CT molecular complexity index is 1200. The van der Waals surface area contributed by atoms with E-state index in [1.807, 2.05) is 6.92 Å². The molecule has 0 saturated heterocycles. The lowest BCUT2D eigenvalue weighted by atomic mass is 9.94. The van der Waals surface area contributed by atoms with Gasteiger partial charge in [-0.05, 0) is 61.1 Å². The van der Waals surface area contributed by atoms with Gasteiger partial charge in [-0.2, -0.15) is 8.78 Å². The maximum Gasteiger partial charge on any atom is 0.387 e. The van der Waals surface area contributed by atoms with Crippen molar-refractivity contribution in [3.05, 3.63) is 81.9 Å². The number of hydrogen-bond acceptors (Lipinski definition) is 1. The molecule has 3 aromatic rings. The average molecular weight is 517 g/mol. The summed E-state index contributed by atoms with van der Waals surface area (Å²) in [6.07, 6.45) is 1.82. The van der Waals surface area contributed by atoms with Crippen molar-refractivity contribution in [3.63, 3.8) is 0 Å². The van der Waals surface area contributed by atoms with Crippen molar-refractivity contribution in [1.82, 2.24) is 0 Å². The molecule has 0 N–H and O–H groups in total. The molecule has 0 unspecified atom stereocenters. The highest BCUT2D eigenvalue weighted by Crippen LogP contribution is 2.39. The Morgan fingerprint density at radius 1 is 0.694 bits per heavy atom. The van der Waals surface area contributed by atoms with E-state index in [4.69, 9.17) is 0 Å². The Hall–Kier alpha value is -3.30. The summed E-state index contributed by atoms with van der Waals surface area (Å²) in [7, 11) is 0. The fraction of sp³-hybridized carbons (Fsp3) is 0.308. The number of halogens is 8. The predicted molar refractivity (Wildman–Crippen MR) is 115 cm³/mol. The van der Waals surface area contributed by atoms with Crippen molar-refractivity contribution >= 4 is 0 Å². The van der Waals surface area contributed by atoms with Crippen molar-refractivity contribution in [2.45, 2.75) is 52.1 Å². The highest BCUT2D eigenvalue weighted by Gasteiger charge is 2.26. The third-order valence-corrected chi connectivity index (χ3v) is 5.63. The number of unbranched alkanes of at least 4 members (excludes halogenated alkanes) is 2. The molecule has 3 rings (SSSR count). The van der Waals surface area contributed by atoms with E-state index in [9.17, 15) is 35.8 Å². The van der Waals surface area contributed by atoms with E-state index in [1.54, 1.807) is 0 Å². The highest BCUT2D eigenvalue weighted by molar-refractivity contribution is 5.73. The van der Waals surface area contributed by atoms with Gasteiger partial charge in [-0.15, -0.1) is 0 Å². The first kappa shape index (κ1) is 27.3. The minimum Gasteiger partial charge on any atom is -0.429 e. The van der Waals surface area contributed by atoms with E-state index in [2.05, 4.69) is 4.74 Å². The number of rotatable bonds is 10. The molecule has 2 nitrogen and oxygen atoms in total. The zero-order valence-corrected chi connectivity index (χ0v) is 19.0. The molecule has 0 aliphatic heterocycles. The summed E-state index contributed by atoms with van der Waals surface area (Å²) in [5.74, 6) is -10.7. The maximum atomic E-state index is 15.2. The SMILES string of the molecule is CCCCCc1cc(F)c(-c2c([O])cc(F)c(CCc3cc(F)c(OC(F)F)c(F)c3)c2F)c(F)c1. The molecular formula is C26H21F8O2. The van der Waals surface area contributed by atoms with Gasteiger partial charge in [-0.3, -0.25) is 5.11 Å². The van der Waals surface area contributed by atoms with Gasteiger partial charge in [0, 0.05) is 11.6 Å². The zero-order chi connectivity index (χ0) is 26.6. The van der Waals surface area contributed by atoms with Crippen LogP contribution in [-0.4, -0.2) is 6.61 Å². The standard InChI is InChI=1S/C26H21F8O2/c1-2-3-4-5-13-8-17(28)22(18(29)9-13)23-21(35)12-16(27)15(24(23)32)7-6-14-10-19(30)25(20(31)11-14)36-26(33)34/h8-12,26H,2-7H2,1H3. The van der Waals surface area contributed by atoms with Crippen LogP contribution in [0.25, 0.3) is 11.1 Å². The largest absolute Gasteiger partial charge is 0.429 e. The van der Waals surface area contributed by atoms with Gasteiger partial charge >= 0.3 is 6.61 Å². The van der Waals surface area contributed by atoms with Gasteiger partial charge in [-0.25, -0.2) is 26.3 Å². The van der Waals surface area contributed by atoms with Crippen LogP contribution in [0.3, 0.4) is 0 Å². The van der Waals surface area contributed by atoms with Gasteiger partial charge in [0.05, 0.1) is 11.1 Å². The fourth-order valence-electron chi connectivity index (χ4n) is 3.92. The van der Waals surface area contributed by atoms with Gasteiger partial charge in [-0.1, -0.05) is 19.8 Å². The second kappa shape index (κ2) is 11.6. The first-order valence-electron chi connectivity index (χ1n) is 11.1. The molecule has 10 heteroatoms. The summed E-state index contributed by atoms with van der Waals surface area (Å²) < 4.78 is 115. The summed E-state index contributed by atoms with van der Waals surface area (Å²) in [6.45, 7) is -1.52. The van der Waals surface area contributed by atoms with Crippen molar-refractivity contribution in [2.24, 2.45) is 0 Å². The minimum atomic E-state index is -3.47. The Morgan fingerprint density at radius 2 is 1.25 bits per heavy atom. The number of hydrogen-bond donors (Lipinski definition) is 0. The van der Waals surface area contributed by atoms with E-state index in [0.29, 0.717) is 36.6 Å². The van der Waals surface area contributed by atoms with E-state index in [1.165, 1.54) is 0 Å². The van der Waals surface area contributed by atoms with Crippen LogP contribution in [-0.2, 0) is 24.4 Å². The summed E-state index contributed by atoms with van der Waals surface area (Å²) >= 11 is 0. The zero-order valence-electron chi connectivity index (χ0n) is 19.0. The van der Waals surface area contributed by atoms with Gasteiger partial charge < -0.3 is 4.74 Å². The summed E-state index contributed by atoms with van der Waals surface area (Å²) in [5, 5.41) is 12.3. The second-order valence-corrected chi connectivity index (χ2v) is 8.18. The lowest BCUT2D eigenvalue weighted by Crippen LogP contribution is -2.07. The van der Waals surface area contributed by atoms with Crippen molar-refractivity contribution in [1.29, 1.82) is 0 Å². The Kier molecular flexibility index (Phi) is 8.81. The van der Waals surface area contributed by atoms with E-state index < -0.39 is 82.5 Å². The first-order chi connectivity index (χ1) is 17.0. The van der Waals surface area contributed by atoms with Gasteiger partial charge in [0.15, 0.2) is 23.1 Å². The third-order valence-electron chi connectivity index (χ3n) is 5.63. The van der Waals surface area contributed by atoms with Crippen LogP contribution in [0, 0.1) is 34.9 Å². The van der Waals surface area contributed by atoms with E-state index >= 15 is 4.39 Å². The monoisotopic (exact) mass is 517 g/mol. The second-order valence-electron chi connectivity index (χ2n) is 8.18. The molecule has 0 spiro atoms. The molecule has 0 fully saturated rings. The molecule has 0 aromatic heterocycles. The molecule has 0 amide bonds. The molecule has 193 valence electrons. The molecule has 0 aliphatic carbocycles. The molecule has 3 aromatic carbocycles. The molecule has 0 aliphatic rings. The molecule has 0 atom stereocenters. The lowest BCUT2D eigenvalue weighted by Gasteiger charge is -2.14. The smallest absolute Gasteiger partial charge is 0.387 e. The number of aryl methyl sites for hydroxylation is 2. The van der Waals surface area contributed by atoms with Gasteiger partial charge in [0.25, 0.3) is 0 Å². The summed E-state index contributed by atoms with van der Waals surface area (Å²) in [5.41, 5.74) is -2.51. The normalized spacial score (nSPS) is 11.4. The van der Waals surface area contributed by atoms with Crippen molar-refractivity contribution in [2.75, 3.05) is 0 Å². The number of alkyl halides is 2. The van der Waals surface area contributed by atoms with Crippen LogP contribution < -0.4 is 4.74 Å². The fourth-order valence-corrected chi connectivity index (χ4v) is 3.92. The molecule has 0 heterocycles. The molecule has 0 saturated carbocycles. The Labute approximate surface area is 202 Å². The number of benzene rings is 3.